The van der Waals surface area contributed by atoms with Crippen LogP contribution in [0.25, 0.3) is 11.3 Å². The Morgan fingerprint density at radius 2 is 2.12 bits per heavy atom. The van der Waals surface area contributed by atoms with Crippen molar-refractivity contribution in [2.24, 2.45) is 5.92 Å². The Balaban J connectivity index is 1.53. The van der Waals surface area contributed by atoms with Crippen molar-refractivity contribution in [2.75, 3.05) is 19.6 Å². The SMILES string of the molecule is CC(CN1CCCC1)C(=O)NCc1cc(-c2ccccc2Cl)no1. The van der Waals surface area contributed by atoms with Gasteiger partial charge in [0.25, 0.3) is 0 Å². The molecule has 1 aliphatic rings. The lowest BCUT2D eigenvalue weighted by molar-refractivity contribution is -0.125. The van der Waals surface area contributed by atoms with Crippen molar-refractivity contribution < 1.29 is 9.32 Å². The van der Waals surface area contributed by atoms with Gasteiger partial charge in [0.1, 0.15) is 5.69 Å². The predicted octanol–water partition coefficient (Wildman–Crippen LogP) is 3.34. The molecule has 1 aromatic heterocycles. The van der Waals surface area contributed by atoms with Crippen LogP contribution >= 0.6 is 11.6 Å². The molecular formula is C18H22ClN3O2. The summed E-state index contributed by atoms with van der Waals surface area (Å²) in [6.45, 7) is 5.30. The third-order valence-electron chi connectivity index (χ3n) is 4.32. The van der Waals surface area contributed by atoms with Crippen molar-refractivity contribution >= 4 is 17.5 Å². The maximum atomic E-state index is 12.2. The van der Waals surface area contributed by atoms with E-state index >= 15 is 0 Å². The fraction of sp³-hybridized carbons (Fsp3) is 0.444. The van der Waals surface area contributed by atoms with Crippen LogP contribution in [0, 0.1) is 5.92 Å². The first-order valence-electron chi connectivity index (χ1n) is 8.34. The normalized spacial score (nSPS) is 16.2. The first-order valence-corrected chi connectivity index (χ1v) is 8.72. The molecule has 0 spiro atoms. The van der Waals surface area contributed by atoms with Gasteiger partial charge in [0.05, 0.1) is 11.6 Å². The van der Waals surface area contributed by atoms with Gasteiger partial charge in [0.2, 0.25) is 5.91 Å². The molecule has 1 N–H and O–H groups in total. The number of benzene rings is 1. The maximum Gasteiger partial charge on any atom is 0.224 e. The molecule has 0 saturated carbocycles. The molecule has 1 aliphatic heterocycles. The van der Waals surface area contributed by atoms with Crippen molar-refractivity contribution in [3.8, 4) is 11.3 Å². The lowest BCUT2D eigenvalue weighted by atomic mass is 10.1. The standard InChI is InChI=1S/C18H22ClN3O2/c1-13(12-22-8-4-5-9-22)18(23)20-11-14-10-17(21-24-14)15-6-2-3-7-16(15)19/h2-3,6-7,10,13H,4-5,8-9,11-12H2,1H3,(H,20,23). The molecular weight excluding hydrogens is 326 g/mol. The largest absolute Gasteiger partial charge is 0.359 e. The van der Waals surface area contributed by atoms with Crippen molar-refractivity contribution in [2.45, 2.75) is 26.3 Å². The summed E-state index contributed by atoms with van der Waals surface area (Å²) in [6, 6.07) is 9.28. The van der Waals surface area contributed by atoms with Gasteiger partial charge in [-0.2, -0.15) is 0 Å². The highest BCUT2D eigenvalue weighted by molar-refractivity contribution is 6.33. The lowest BCUT2D eigenvalue weighted by Gasteiger charge is -2.19. The zero-order chi connectivity index (χ0) is 16.9. The molecule has 5 nitrogen and oxygen atoms in total. The number of hydrogen-bond donors (Lipinski definition) is 1. The number of rotatable bonds is 6. The number of carbonyl (C=O) groups is 1. The van der Waals surface area contributed by atoms with Crippen LogP contribution in [0.2, 0.25) is 5.02 Å². The minimum atomic E-state index is -0.0333. The van der Waals surface area contributed by atoms with E-state index in [4.69, 9.17) is 16.1 Å². The zero-order valence-corrected chi connectivity index (χ0v) is 14.6. The Morgan fingerprint density at radius 3 is 2.88 bits per heavy atom. The van der Waals surface area contributed by atoms with Crippen LogP contribution in [0.5, 0.6) is 0 Å². The number of hydrogen-bond acceptors (Lipinski definition) is 4. The van der Waals surface area contributed by atoms with Gasteiger partial charge in [-0.1, -0.05) is 41.9 Å². The van der Waals surface area contributed by atoms with Crippen molar-refractivity contribution in [3.05, 3.63) is 41.1 Å². The molecule has 1 amide bonds. The second-order valence-corrected chi connectivity index (χ2v) is 6.69. The van der Waals surface area contributed by atoms with Gasteiger partial charge in [-0.3, -0.25) is 4.79 Å². The third-order valence-corrected chi connectivity index (χ3v) is 4.65. The summed E-state index contributed by atoms with van der Waals surface area (Å²) in [5.74, 6) is 0.623. The smallest absolute Gasteiger partial charge is 0.224 e. The molecule has 1 fully saturated rings. The number of amides is 1. The molecule has 0 radical (unpaired) electrons. The van der Waals surface area contributed by atoms with Crippen LogP contribution in [-0.4, -0.2) is 35.6 Å². The number of carbonyl (C=O) groups excluding carboxylic acids is 1. The number of aromatic nitrogens is 1. The first kappa shape index (κ1) is 17.0. The van der Waals surface area contributed by atoms with Crippen LogP contribution in [0.3, 0.4) is 0 Å². The van der Waals surface area contributed by atoms with E-state index in [1.165, 1.54) is 12.8 Å². The average Bonchev–Trinajstić information content (AvgIpc) is 3.24. The van der Waals surface area contributed by atoms with Gasteiger partial charge in [0.15, 0.2) is 5.76 Å². The van der Waals surface area contributed by atoms with Crippen molar-refractivity contribution in [3.63, 3.8) is 0 Å². The Hall–Kier alpha value is -1.85. The highest BCUT2D eigenvalue weighted by atomic mass is 35.5. The van der Waals surface area contributed by atoms with Crippen LogP contribution in [-0.2, 0) is 11.3 Å². The van der Waals surface area contributed by atoms with E-state index in [2.05, 4.69) is 15.4 Å². The highest BCUT2D eigenvalue weighted by Gasteiger charge is 2.20. The summed E-state index contributed by atoms with van der Waals surface area (Å²) in [5.41, 5.74) is 1.50. The van der Waals surface area contributed by atoms with Crippen LogP contribution in [0.4, 0.5) is 0 Å². The summed E-state index contributed by atoms with van der Waals surface area (Å²) in [5, 5.41) is 7.58. The number of nitrogens with zero attached hydrogens (tertiary/aromatic N) is 2. The van der Waals surface area contributed by atoms with Gasteiger partial charge in [-0.25, -0.2) is 0 Å². The Kier molecular flexibility index (Phi) is 5.53. The summed E-state index contributed by atoms with van der Waals surface area (Å²) in [6.07, 6.45) is 2.47. The first-order chi connectivity index (χ1) is 11.6. The minimum Gasteiger partial charge on any atom is -0.359 e. The molecule has 3 rings (SSSR count). The molecule has 1 aromatic carbocycles. The van der Waals surface area contributed by atoms with Gasteiger partial charge < -0.3 is 14.7 Å². The van der Waals surface area contributed by atoms with Crippen LogP contribution in [0.1, 0.15) is 25.5 Å². The van der Waals surface area contributed by atoms with Gasteiger partial charge in [0, 0.05) is 24.1 Å². The summed E-state index contributed by atoms with van der Waals surface area (Å²) >= 11 is 6.16. The minimum absolute atomic E-state index is 0.0333. The molecule has 1 saturated heterocycles. The third kappa shape index (κ3) is 4.16. The van der Waals surface area contributed by atoms with Crippen molar-refractivity contribution in [1.29, 1.82) is 0 Å². The van der Waals surface area contributed by atoms with E-state index in [0.29, 0.717) is 23.0 Å². The highest BCUT2D eigenvalue weighted by Crippen LogP contribution is 2.26. The molecule has 24 heavy (non-hydrogen) atoms. The second kappa shape index (κ2) is 7.81. The fourth-order valence-electron chi connectivity index (χ4n) is 2.98. The fourth-order valence-corrected chi connectivity index (χ4v) is 3.21. The number of likely N-dealkylation sites (tertiary alicyclic amines) is 1. The zero-order valence-electron chi connectivity index (χ0n) is 13.8. The monoisotopic (exact) mass is 347 g/mol. The lowest BCUT2D eigenvalue weighted by Crippen LogP contribution is -2.36. The Bertz CT molecular complexity index is 695. The average molecular weight is 348 g/mol. The van der Waals surface area contributed by atoms with E-state index in [9.17, 15) is 4.79 Å². The molecule has 6 heteroatoms. The molecule has 2 heterocycles. The maximum absolute atomic E-state index is 12.2. The predicted molar refractivity (Wildman–Crippen MR) is 93.6 cm³/mol. The molecule has 2 aromatic rings. The second-order valence-electron chi connectivity index (χ2n) is 6.28. The van der Waals surface area contributed by atoms with Crippen molar-refractivity contribution in [1.82, 2.24) is 15.4 Å². The summed E-state index contributed by atoms with van der Waals surface area (Å²) < 4.78 is 5.30. The van der Waals surface area contributed by atoms with E-state index in [1.54, 1.807) is 0 Å². The summed E-state index contributed by atoms with van der Waals surface area (Å²) in [7, 11) is 0. The molecule has 1 atom stereocenters. The van der Waals surface area contributed by atoms with Crippen LogP contribution < -0.4 is 5.32 Å². The van der Waals surface area contributed by atoms with E-state index in [-0.39, 0.29) is 11.8 Å². The molecule has 128 valence electrons. The van der Waals surface area contributed by atoms with E-state index in [0.717, 1.165) is 25.2 Å². The summed E-state index contributed by atoms with van der Waals surface area (Å²) in [4.78, 5) is 14.6. The topological polar surface area (TPSA) is 58.4 Å². The molecule has 1 unspecified atom stereocenters. The molecule has 0 bridgehead atoms. The van der Waals surface area contributed by atoms with Gasteiger partial charge in [-0.15, -0.1) is 0 Å². The Morgan fingerprint density at radius 1 is 1.38 bits per heavy atom. The van der Waals surface area contributed by atoms with Gasteiger partial charge in [-0.05, 0) is 32.0 Å². The van der Waals surface area contributed by atoms with Gasteiger partial charge >= 0.3 is 0 Å². The van der Waals surface area contributed by atoms with Crippen LogP contribution in [0.15, 0.2) is 34.9 Å². The van der Waals surface area contributed by atoms with E-state index in [1.807, 2.05) is 37.3 Å². The quantitative estimate of drug-likeness (QED) is 0.870. The Labute approximate surface area is 147 Å². The molecule has 0 aliphatic carbocycles. The van der Waals surface area contributed by atoms with E-state index < -0.39 is 0 Å². The number of halogens is 1. The number of nitrogens with one attached hydrogen (secondary N) is 1.